The van der Waals surface area contributed by atoms with Crippen LogP contribution in [0.5, 0.6) is 0 Å². The van der Waals surface area contributed by atoms with Gasteiger partial charge in [-0.15, -0.1) is 0 Å². The van der Waals surface area contributed by atoms with E-state index >= 15 is 0 Å². The number of hydrogen-bond acceptors (Lipinski definition) is 2. The lowest BCUT2D eigenvalue weighted by Crippen LogP contribution is -2.40. The monoisotopic (exact) mass is 283 g/mol. The molecular formula is C13H18FN3OS. The summed E-state index contributed by atoms with van der Waals surface area (Å²) in [7, 11) is 0. The van der Waals surface area contributed by atoms with Crippen molar-refractivity contribution in [1.29, 1.82) is 0 Å². The predicted octanol–water partition coefficient (Wildman–Crippen LogP) is 2.60. The molecule has 19 heavy (non-hydrogen) atoms. The topological polar surface area (TPSA) is 58.4 Å². The minimum Gasteiger partial charge on any atom is -0.393 e. The Labute approximate surface area is 117 Å². The SMILES string of the molecule is CCN(CC(C)C(N)=S)C(=O)Nc1cccc(F)c1. The molecule has 1 atom stereocenters. The van der Waals surface area contributed by atoms with Crippen molar-refractivity contribution >= 4 is 28.9 Å². The van der Waals surface area contributed by atoms with Crippen molar-refractivity contribution in [3.63, 3.8) is 0 Å². The average molecular weight is 283 g/mol. The number of carbonyl (C=O) groups excluding carboxylic acids is 1. The van der Waals surface area contributed by atoms with Crippen LogP contribution in [-0.2, 0) is 0 Å². The molecule has 1 aromatic rings. The standard InChI is InChI=1S/C13H18FN3OS/c1-3-17(8-9(2)12(15)19)13(18)16-11-6-4-5-10(14)7-11/h4-7,9H,3,8H2,1-2H3,(H2,15,19)(H,16,18). The molecular weight excluding hydrogens is 265 g/mol. The normalized spacial score (nSPS) is 11.7. The van der Waals surface area contributed by atoms with Gasteiger partial charge >= 0.3 is 6.03 Å². The molecule has 1 rings (SSSR count). The first-order valence-corrected chi connectivity index (χ1v) is 6.45. The molecule has 0 radical (unpaired) electrons. The first-order valence-electron chi connectivity index (χ1n) is 6.04. The predicted molar refractivity (Wildman–Crippen MR) is 78.6 cm³/mol. The second-order valence-corrected chi connectivity index (χ2v) is 4.75. The van der Waals surface area contributed by atoms with E-state index in [2.05, 4.69) is 5.32 Å². The number of nitrogens with two attached hydrogens (primary N) is 1. The van der Waals surface area contributed by atoms with Gasteiger partial charge in [-0.2, -0.15) is 0 Å². The van der Waals surface area contributed by atoms with Gasteiger partial charge in [-0.25, -0.2) is 9.18 Å². The molecule has 0 heterocycles. The van der Waals surface area contributed by atoms with Crippen LogP contribution < -0.4 is 11.1 Å². The summed E-state index contributed by atoms with van der Waals surface area (Å²) in [6, 6.07) is 5.46. The van der Waals surface area contributed by atoms with Crippen LogP contribution in [0.15, 0.2) is 24.3 Å². The van der Waals surface area contributed by atoms with E-state index in [1.165, 1.54) is 12.1 Å². The molecule has 0 aliphatic rings. The molecule has 2 amide bonds. The van der Waals surface area contributed by atoms with Crippen molar-refractivity contribution in [3.8, 4) is 0 Å². The summed E-state index contributed by atoms with van der Waals surface area (Å²) in [5.74, 6) is -0.453. The smallest absolute Gasteiger partial charge is 0.321 e. The number of rotatable bonds is 5. The Morgan fingerprint density at radius 3 is 2.79 bits per heavy atom. The van der Waals surface area contributed by atoms with Gasteiger partial charge in [0.25, 0.3) is 0 Å². The van der Waals surface area contributed by atoms with Gasteiger partial charge in [-0.05, 0) is 25.1 Å². The third kappa shape index (κ3) is 4.82. The Morgan fingerprint density at radius 2 is 2.26 bits per heavy atom. The van der Waals surface area contributed by atoms with Crippen LogP contribution >= 0.6 is 12.2 Å². The zero-order chi connectivity index (χ0) is 14.4. The highest BCUT2D eigenvalue weighted by molar-refractivity contribution is 7.80. The Morgan fingerprint density at radius 1 is 1.58 bits per heavy atom. The minimum atomic E-state index is -0.391. The van der Waals surface area contributed by atoms with Gasteiger partial charge in [0.2, 0.25) is 0 Å². The van der Waals surface area contributed by atoms with Crippen LogP contribution in [0.1, 0.15) is 13.8 Å². The van der Waals surface area contributed by atoms with Crippen LogP contribution in [0.2, 0.25) is 0 Å². The van der Waals surface area contributed by atoms with Crippen molar-refractivity contribution in [2.75, 3.05) is 18.4 Å². The summed E-state index contributed by atoms with van der Waals surface area (Å²) < 4.78 is 13.0. The molecule has 0 aromatic heterocycles. The molecule has 6 heteroatoms. The average Bonchev–Trinajstić information content (AvgIpc) is 2.35. The van der Waals surface area contributed by atoms with E-state index in [4.69, 9.17) is 18.0 Å². The van der Waals surface area contributed by atoms with Crippen molar-refractivity contribution in [2.24, 2.45) is 11.7 Å². The van der Waals surface area contributed by atoms with E-state index in [9.17, 15) is 9.18 Å². The molecule has 0 fully saturated rings. The van der Waals surface area contributed by atoms with Crippen molar-refractivity contribution in [3.05, 3.63) is 30.1 Å². The summed E-state index contributed by atoms with van der Waals surface area (Å²) in [4.78, 5) is 14.0. The molecule has 0 aliphatic heterocycles. The fourth-order valence-corrected chi connectivity index (χ4v) is 1.62. The van der Waals surface area contributed by atoms with E-state index in [1.807, 2.05) is 13.8 Å². The van der Waals surface area contributed by atoms with Crippen LogP contribution in [0.25, 0.3) is 0 Å². The largest absolute Gasteiger partial charge is 0.393 e. The van der Waals surface area contributed by atoms with E-state index in [0.29, 0.717) is 23.8 Å². The van der Waals surface area contributed by atoms with Gasteiger partial charge in [0.1, 0.15) is 5.82 Å². The molecule has 0 bridgehead atoms. The molecule has 1 unspecified atom stereocenters. The number of benzene rings is 1. The van der Waals surface area contributed by atoms with E-state index in [0.717, 1.165) is 0 Å². The summed E-state index contributed by atoms with van der Waals surface area (Å²) in [5.41, 5.74) is 5.96. The van der Waals surface area contributed by atoms with Gasteiger partial charge in [-0.3, -0.25) is 0 Å². The fourth-order valence-electron chi connectivity index (χ4n) is 1.54. The molecule has 0 aliphatic carbocycles. The summed E-state index contributed by atoms with van der Waals surface area (Å²) in [5, 5.41) is 2.64. The molecule has 0 spiro atoms. The van der Waals surface area contributed by atoms with Gasteiger partial charge in [0.05, 0.1) is 4.99 Å². The van der Waals surface area contributed by atoms with Crippen LogP contribution in [-0.4, -0.2) is 29.0 Å². The van der Waals surface area contributed by atoms with Gasteiger partial charge in [0, 0.05) is 24.7 Å². The van der Waals surface area contributed by atoms with Crippen LogP contribution in [0, 0.1) is 11.7 Å². The maximum absolute atomic E-state index is 13.0. The summed E-state index contributed by atoms with van der Waals surface area (Å²) in [6.45, 7) is 4.68. The lowest BCUT2D eigenvalue weighted by Gasteiger charge is -2.24. The van der Waals surface area contributed by atoms with Gasteiger partial charge in [0.15, 0.2) is 0 Å². The molecule has 104 valence electrons. The van der Waals surface area contributed by atoms with Crippen molar-refractivity contribution in [1.82, 2.24) is 4.90 Å². The number of amides is 2. The number of hydrogen-bond donors (Lipinski definition) is 2. The van der Waals surface area contributed by atoms with E-state index < -0.39 is 5.82 Å². The molecule has 0 saturated carbocycles. The second kappa shape index (κ2) is 7.04. The zero-order valence-electron chi connectivity index (χ0n) is 11.0. The molecule has 1 aromatic carbocycles. The number of anilines is 1. The van der Waals surface area contributed by atoms with Gasteiger partial charge < -0.3 is 16.0 Å². The van der Waals surface area contributed by atoms with Crippen LogP contribution in [0.4, 0.5) is 14.9 Å². The fraction of sp³-hybridized carbons (Fsp3) is 0.385. The summed E-state index contributed by atoms with van der Waals surface area (Å²) in [6.07, 6.45) is 0. The number of halogens is 1. The number of thiocarbonyl (C=S) groups is 1. The molecule has 4 nitrogen and oxygen atoms in total. The molecule has 3 N–H and O–H groups in total. The maximum Gasteiger partial charge on any atom is 0.321 e. The lowest BCUT2D eigenvalue weighted by molar-refractivity contribution is 0.211. The number of nitrogens with one attached hydrogen (secondary N) is 1. The highest BCUT2D eigenvalue weighted by Crippen LogP contribution is 2.11. The molecule has 0 saturated heterocycles. The third-order valence-corrected chi connectivity index (χ3v) is 3.13. The quantitative estimate of drug-likeness (QED) is 0.817. The van der Waals surface area contributed by atoms with Crippen LogP contribution in [0.3, 0.4) is 0 Å². The Balaban J connectivity index is 2.66. The van der Waals surface area contributed by atoms with Crippen molar-refractivity contribution < 1.29 is 9.18 Å². The maximum atomic E-state index is 13.0. The second-order valence-electron chi connectivity index (χ2n) is 4.28. The summed E-state index contributed by atoms with van der Waals surface area (Å²) >= 11 is 4.89. The Hall–Kier alpha value is -1.69. The lowest BCUT2D eigenvalue weighted by atomic mass is 10.1. The first kappa shape index (κ1) is 15.4. The van der Waals surface area contributed by atoms with E-state index in [-0.39, 0.29) is 11.9 Å². The third-order valence-electron chi connectivity index (χ3n) is 2.72. The number of carbonyl (C=O) groups is 1. The van der Waals surface area contributed by atoms with Crippen molar-refractivity contribution in [2.45, 2.75) is 13.8 Å². The first-order chi connectivity index (χ1) is 8.93. The number of nitrogens with zero attached hydrogens (tertiary/aromatic N) is 1. The zero-order valence-corrected chi connectivity index (χ0v) is 11.8. The number of urea groups is 1. The highest BCUT2D eigenvalue weighted by atomic mass is 32.1. The van der Waals surface area contributed by atoms with Gasteiger partial charge in [-0.1, -0.05) is 25.2 Å². The van der Waals surface area contributed by atoms with E-state index in [1.54, 1.807) is 17.0 Å². The Bertz CT molecular complexity index is 467. The minimum absolute atomic E-state index is 0.0618. The highest BCUT2D eigenvalue weighted by Gasteiger charge is 2.16. The Kier molecular flexibility index (Phi) is 5.69.